The number of nitrogens with one attached hydrogen (secondary N) is 2. The number of rotatable bonds is 5. The Balaban J connectivity index is 1.48. The summed E-state index contributed by atoms with van der Waals surface area (Å²) in [7, 11) is 1.73. The van der Waals surface area contributed by atoms with E-state index in [9.17, 15) is 14.4 Å². The first-order chi connectivity index (χ1) is 12.9. The topological polar surface area (TPSA) is 80.2 Å². The van der Waals surface area contributed by atoms with Gasteiger partial charge in [-0.2, -0.15) is 0 Å². The molecular weight excluding hydrogens is 410 g/mol. The Bertz CT molecular complexity index is 889. The third-order valence-corrected chi connectivity index (χ3v) is 5.20. The molecule has 0 aliphatic heterocycles. The van der Waals surface area contributed by atoms with Gasteiger partial charge >= 0.3 is 0 Å². The number of carbonyl (C=O) groups excluding carboxylic acids is 3. The van der Waals surface area contributed by atoms with Gasteiger partial charge in [0.25, 0.3) is 5.91 Å². The lowest BCUT2D eigenvalue weighted by molar-refractivity contribution is -0.121. The molecular formula is C20H22BrN3O3. The SMILES string of the molecule is Cn1cc(Br)cc1C(=O)NNC(=O)CCC(=O)c1ccc2c(c1)CCCC2. The minimum absolute atomic E-state index is 0.0209. The van der Waals surface area contributed by atoms with Crippen LogP contribution in [0.1, 0.15) is 57.7 Å². The highest BCUT2D eigenvalue weighted by Gasteiger charge is 2.15. The molecule has 2 amide bonds. The van der Waals surface area contributed by atoms with Gasteiger partial charge in [0.15, 0.2) is 5.78 Å². The van der Waals surface area contributed by atoms with Crippen LogP contribution in [0.15, 0.2) is 34.9 Å². The molecule has 1 heterocycles. The highest BCUT2D eigenvalue weighted by molar-refractivity contribution is 9.10. The van der Waals surface area contributed by atoms with Gasteiger partial charge in [-0.15, -0.1) is 0 Å². The Hall–Kier alpha value is -2.41. The normalized spacial score (nSPS) is 13.0. The van der Waals surface area contributed by atoms with Crippen LogP contribution in [0.2, 0.25) is 0 Å². The highest BCUT2D eigenvalue weighted by Crippen LogP contribution is 2.23. The maximum atomic E-state index is 12.4. The van der Waals surface area contributed by atoms with Crippen LogP contribution < -0.4 is 10.9 Å². The molecule has 7 heteroatoms. The van der Waals surface area contributed by atoms with Gasteiger partial charge in [0.2, 0.25) is 5.91 Å². The zero-order chi connectivity index (χ0) is 19.4. The van der Waals surface area contributed by atoms with Crippen molar-refractivity contribution in [1.29, 1.82) is 0 Å². The molecule has 2 aromatic rings. The second-order valence-corrected chi connectivity index (χ2v) is 7.69. The van der Waals surface area contributed by atoms with E-state index in [1.54, 1.807) is 23.9 Å². The molecule has 0 fully saturated rings. The minimum atomic E-state index is -0.419. The highest BCUT2D eigenvalue weighted by atomic mass is 79.9. The molecule has 1 aromatic carbocycles. The molecule has 0 bridgehead atoms. The number of benzene rings is 1. The van der Waals surface area contributed by atoms with Crippen molar-refractivity contribution < 1.29 is 14.4 Å². The summed E-state index contributed by atoms with van der Waals surface area (Å²) in [5.74, 6) is -0.878. The molecule has 0 spiro atoms. The lowest BCUT2D eigenvalue weighted by Crippen LogP contribution is -2.42. The van der Waals surface area contributed by atoms with Gasteiger partial charge in [0, 0.05) is 36.1 Å². The molecule has 3 rings (SSSR count). The number of ketones is 1. The molecule has 0 saturated heterocycles. The molecule has 1 aliphatic rings. The number of nitrogens with zero attached hydrogens (tertiary/aromatic N) is 1. The molecule has 1 aliphatic carbocycles. The minimum Gasteiger partial charge on any atom is -0.345 e. The zero-order valence-corrected chi connectivity index (χ0v) is 16.8. The lowest BCUT2D eigenvalue weighted by Gasteiger charge is -2.16. The molecule has 0 saturated carbocycles. The first-order valence-corrected chi connectivity index (χ1v) is 9.79. The van der Waals surface area contributed by atoms with Crippen LogP contribution >= 0.6 is 15.9 Å². The van der Waals surface area contributed by atoms with Crippen LogP contribution in [-0.2, 0) is 24.7 Å². The largest absolute Gasteiger partial charge is 0.345 e. The van der Waals surface area contributed by atoms with Crippen molar-refractivity contribution in [2.45, 2.75) is 38.5 Å². The van der Waals surface area contributed by atoms with E-state index in [0.717, 1.165) is 23.7 Å². The van der Waals surface area contributed by atoms with Crippen LogP contribution in [0, 0.1) is 0 Å². The fourth-order valence-electron chi connectivity index (χ4n) is 3.28. The molecule has 142 valence electrons. The van der Waals surface area contributed by atoms with E-state index in [-0.39, 0.29) is 18.6 Å². The van der Waals surface area contributed by atoms with E-state index in [1.807, 2.05) is 18.2 Å². The molecule has 2 N–H and O–H groups in total. The smallest absolute Gasteiger partial charge is 0.286 e. The first kappa shape index (κ1) is 19.4. The average molecular weight is 432 g/mol. The average Bonchev–Trinajstić information content (AvgIpc) is 3.01. The monoisotopic (exact) mass is 431 g/mol. The van der Waals surface area contributed by atoms with Crippen LogP contribution in [0.5, 0.6) is 0 Å². The molecule has 6 nitrogen and oxygen atoms in total. The van der Waals surface area contributed by atoms with Crippen LogP contribution in [0.25, 0.3) is 0 Å². The summed E-state index contributed by atoms with van der Waals surface area (Å²) in [4.78, 5) is 36.4. The Labute approximate surface area is 166 Å². The van der Waals surface area contributed by atoms with Crippen LogP contribution in [-0.4, -0.2) is 22.2 Å². The maximum Gasteiger partial charge on any atom is 0.286 e. The van der Waals surface area contributed by atoms with E-state index in [4.69, 9.17) is 0 Å². The van der Waals surface area contributed by atoms with E-state index in [2.05, 4.69) is 26.8 Å². The maximum absolute atomic E-state index is 12.4. The van der Waals surface area contributed by atoms with E-state index < -0.39 is 11.8 Å². The predicted octanol–water partition coefficient (Wildman–Crippen LogP) is 3.09. The second-order valence-electron chi connectivity index (χ2n) is 6.77. The van der Waals surface area contributed by atoms with Crippen molar-refractivity contribution in [3.05, 3.63) is 57.3 Å². The Morgan fingerprint density at radius 1 is 1.04 bits per heavy atom. The second kappa shape index (κ2) is 8.52. The molecule has 0 atom stereocenters. The number of hydrogen-bond donors (Lipinski definition) is 2. The van der Waals surface area contributed by atoms with E-state index in [0.29, 0.717) is 11.3 Å². The summed E-state index contributed by atoms with van der Waals surface area (Å²) in [5.41, 5.74) is 8.36. The van der Waals surface area contributed by atoms with Crippen LogP contribution in [0.4, 0.5) is 0 Å². The van der Waals surface area contributed by atoms with Crippen LogP contribution in [0.3, 0.4) is 0 Å². The molecule has 1 aromatic heterocycles. The van der Waals surface area contributed by atoms with Crippen molar-refractivity contribution in [3.8, 4) is 0 Å². The van der Waals surface area contributed by atoms with Crippen molar-refractivity contribution in [2.75, 3.05) is 0 Å². The number of carbonyl (C=O) groups is 3. The zero-order valence-electron chi connectivity index (χ0n) is 15.2. The number of halogens is 1. The molecule has 0 radical (unpaired) electrons. The van der Waals surface area contributed by atoms with E-state index >= 15 is 0 Å². The Morgan fingerprint density at radius 2 is 1.78 bits per heavy atom. The van der Waals surface area contributed by atoms with Gasteiger partial charge < -0.3 is 4.57 Å². The summed E-state index contributed by atoms with van der Waals surface area (Å²) in [6, 6.07) is 7.49. The van der Waals surface area contributed by atoms with E-state index in [1.165, 1.54) is 17.5 Å². The lowest BCUT2D eigenvalue weighted by atomic mass is 9.89. The number of aryl methyl sites for hydroxylation is 3. The van der Waals surface area contributed by atoms with Gasteiger partial charge in [-0.25, -0.2) is 0 Å². The number of hydrogen-bond acceptors (Lipinski definition) is 3. The van der Waals surface area contributed by atoms with Crippen molar-refractivity contribution in [2.24, 2.45) is 7.05 Å². The number of Topliss-reactive ketones (excluding diaryl/α,β-unsaturated/α-hetero) is 1. The number of aromatic nitrogens is 1. The van der Waals surface area contributed by atoms with Gasteiger partial charge in [0.1, 0.15) is 5.69 Å². The predicted molar refractivity (Wildman–Crippen MR) is 105 cm³/mol. The quantitative estimate of drug-likeness (QED) is 0.563. The Kier molecular flexibility index (Phi) is 6.11. The summed E-state index contributed by atoms with van der Waals surface area (Å²) in [6.07, 6.45) is 6.31. The fourth-order valence-corrected chi connectivity index (χ4v) is 3.81. The van der Waals surface area contributed by atoms with Gasteiger partial charge in [0.05, 0.1) is 0 Å². The summed E-state index contributed by atoms with van der Waals surface area (Å²) in [6.45, 7) is 0. The Morgan fingerprint density at radius 3 is 2.48 bits per heavy atom. The van der Waals surface area contributed by atoms with Gasteiger partial charge in [-0.3, -0.25) is 25.2 Å². The third kappa shape index (κ3) is 4.86. The summed E-state index contributed by atoms with van der Waals surface area (Å²) < 4.78 is 2.42. The third-order valence-electron chi connectivity index (χ3n) is 4.77. The standard InChI is InChI=1S/C20H22BrN3O3/c1-24-12-16(21)11-17(24)20(27)23-22-19(26)9-8-18(25)15-7-6-13-4-2-3-5-14(13)10-15/h6-7,10-12H,2-5,8-9H2,1H3,(H,22,26)(H,23,27). The van der Waals surface area contributed by atoms with Crippen molar-refractivity contribution in [3.63, 3.8) is 0 Å². The first-order valence-electron chi connectivity index (χ1n) is 9.00. The number of hydrazine groups is 1. The summed E-state index contributed by atoms with van der Waals surface area (Å²) >= 11 is 3.29. The van der Waals surface area contributed by atoms with Crippen molar-refractivity contribution >= 4 is 33.5 Å². The number of fused-ring (bicyclic) bond motifs is 1. The summed E-state index contributed by atoms with van der Waals surface area (Å²) in [5, 5.41) is 0. The van der Waals surface area contributed by atoms with Crippen molar-refractivity contribution in [1.82, 2.24) is 15.4 Å². The number of amides is 2. The van der Waals surface area contributed by atoms with Gasteiger partial charge in [-0.1, -0.05) is 12.1 Å². The fraction of sp³-hybridized carbons (Fsp3) is 0.350. The molecule has 27 heavy (non-hydrogen) atoms. The molecule has 0 unspecified atom stereocenters. The van der Waals surface area contributed by atoms with Gasteiger partial charge in [-0.05, 0) is 64.9 Å².